The van der Waals surface area contributed by atoms with Gasteiger partial charge in [0.05, 0.1) is 27.3 Å². The Bertz CT molecular complexity index is 1320. The average molecular weight is 407 g/mol. The molecule has 0 unspecified atom stereocenters. The lowest BCUT2D eigenvalue weighted by Crippen LogP contribution is -2.39. The molecule has 1 aliphatic rings. The minimum atomic E-state index is -0.196. The van der Waals surface area contributed by atoms with Crippen molar-refractivity contribution < 1.29 is 0 Å². The van der Waals surface area contributed by atoms with E-state index < -0.39 is 0 Å². The summed E-state index contributed by atoms with van der Waals surface area (Å²) in [5, 5.41) is 4.08. The van der Waals surface area contributed by atoms with Crippen molar-refractivity contribution in [1.82, 2.24) is 19.2 Å². The number of nitrogens with one attached hydrogen (secondary N) is 1. The summed E-state index contributed by atoms with van der Waals surface area (Å²) in [6, 6.07) is 18.9. The molecule has 0 spiro atoms. The van der Waals surface area contributed by atoms with E-state index in [2.05, 4.69) is 22.1 Å². The summed E-state index contributed by atoms with van der Waals surface area (Å²) in [5.41, 5.74) is 2.77. The summed E-state index contributed by atoms with van der Waals surface area (Å²) < 4.78 is 3.14. The third kappa shape index (κ3) is 3.10. The lowest BCUT2D eigenvalue weighted by molar-refractivity contribution is 0.211. The van der Waals surface area contributed by atoms with Gasteiger partial charge in [0.1, 0.15) is 0 Å². The van der Waals surface area contributed by atoms with Crippen LogP contribution in [0.15, 0.2) is 70.3 Å². The van der Waals surface area contributed by atoms with Gasteiger partial charge in [-0.15, -0.1) is 0 Å². The first kappa shape index (κ1) is 18.0. The fourth-order valence-corrected chi connectivity index (χ4v) is 4.25. The number of H-pyrrole nitrogens is 1. The lowest BCUT2D eigenvalue weighted by atomic mass is 10.1. The normalized spacial score (nSPS) is 14.2. The summed E-state index contributed by atoms with van der Waals surface area (Å²) in [6.07, 6.45) is 0. The first-order chi connectivity index (χ1) is 14.1. The Morgan fingerprint density at radius 3 is 2.52 bits per heavy atom. The van der Waals surface area contributed by atoms with Crippen LogP contribution in [0.4, 0.5) is 0 Å². The maximum absolute atomic E-state index is 13.3. The summed E-state index contributed by atoms with van der Waals surface area (Å²) in [6.45, 7) is 2.63. The Kier molecular flexibility index (Phi) is 4.38. The van der Waals surface area contributed by atoms with E-state index >= 15 is 0 Å². The van der Waals surface area contributed by atoms with Gasteiger partial charge in [0.25, 0.3) is 11.1 Å². The van der Waals surface area contributed by atoms with Gasteiger partial charge >= 0.3 is 0 Å². The molecule has 0 radical (unpaired) electrons. The van der Waals surface area contributed by atoms with E-state index in [9.17, 15) is 9.59 Å². The second-order valence-electron chi connectivity index (χ2n) is 7.27. The molecule has 146 valence electrons. The SMILES string of the molecule is O=c1c2c3n(c(=O)cc2[nH]n1-c1ccccc1Cl)CCN(Cc1ccccc1)C3. The fraction of sp³-hybridized carbons (Fsp3) is 0.182. The molecular formula is C22H19ClN4O2. The minimum Gasteiger partial charge on any atom is -0.309 e. The smallest absolute Gasteiger partial charge is 0.280 e. The van der Waals surface area contributed by atoms with Crippen LogP contribution in [0.5, 0.6) is 0 Å². The first-order valence-electron chi connectivity index (χ1n) is 9.50. The van der Waals surface area contributed by atoms with Gasteiger partial charge in [-0.2, -0.15) is 0 Å². The second-order valence-corrected chi connectivity index (χ2v) is 7.68. The quantitative estimate of drug-likeness (QED) is 0.568. The number of fused-ring (bicyclic) bond motifs is 3. The fourth-order valence-electron chi connectivity index (χ4n) is 4.03. The molecule has 0 saturated heterocycles. The van der Waals surface area contributed by atoms with Crippen molar-refractivity contribution in [2.24, 2.45) is 0 Å². The molecule has 0 atom stereocenters. The van der Waals surface area contributed by atoms with Crippen LogP contribution < -0.4 is 11.1 Å². The van der Waals surface area contributed by atoms with Crippen LogP contribution in [0.25, 0.3) is 16.6 Å². The molecule has 2 aromatic carbocycles. The number of rotatable bonds is 3. The molecule has 3 heterocycles. The maximum Gasteiger partial charge on any atom is 0.280 e. The average Bonchev–Trinajstić information content (AvgIpc) is 3.05. The van der Waals surface area contributed by atoms with Crippen molar-refractivity contribution in [2.45, 2.75) is 19.6 Å². The third-order valence-electron chi connectivity index (χ3n) is 5.42. The Hall–Kier alpha value is -3.09. The topological polar surface area (TPSA) is 63.0 Å². The first-order valence-corrected chi connectivity index (χ1v) is 9.88. The number of aromatic amines is 1. The molecule has 5 rings (SSSR count). The molecule has 2 aromatic heterocycles. The standard InChI is InChI=1S/C22H19ClN4O2/c23-16-8-4-5-9-18(16)27-22(29)21-17(24-27)12-20(28)26-11-10-25(14-19(21)26)13-15-6-2-1-3-7-15/h1-9,12,24H,10-11,13-14H2. The number of pyridine rings is 1. The van der Waals surface area contributed by atoms with E-state index in [-0.39, 0.29) is 11.1 Å². The largest absolute Gasteiger partial charge is 0.309 e. The van der Waals surface area contributed by atoms with Crippen LogP contribution in [0.2, 0.25) is 5.02 Å². The highest BCUT2D eigenvalue weighted by Crippen LogP contribution is 2.22. The third-order valence-corrected chi connectivity index (χ3v) is 5.74. The highest BCUT2D eigenvalue weighted by Gasteiger charge is 2.23. The van der Waals surface area contributed by atoms with Crippen LogP contribution in [-0.4, -0.2) is 25.8 Å². The Morgan fingerprint density at radius 1 is 0.966 bits per heavy atom. The summed E-state index contributed by atoms with van der Waals surface area (Å²) >= 11 is 6.29. The van der Waals surface area contributed by atoms with Crippen molar-refractivity contribution in [3.63, 3.8) is 0 Å². The number of para-hydroxylation sites is 1. The van der Waals surface area contributed by atoms with Gasteiger partial charge in [-0.3, -0.25) is 19.6 Å². The van der Waals surface area contributed by atoms with Gasteiger partial charge in [0.15, 0.2) is 0 Å². The van der Waals surface area contributed by atoms with E-state index in [0.717, 1.165) is 18.8 Å². The number of halogens is 1. The van der Waals surface area contributed by atoms with E-state index in [1.54, 1.807) is 16.7 Å². The molecule has 0 amide bonds. The molecule has 0 aliphatic carbocycles. The van der Waals surface area contributed by atoms with Crippen LogP contribution >= 0.6 is 11.6 Å². The zero-order chi connectivity index (χ0) is 20.0. The molecule has 1 N–H and O–H groups in total. The van der Waals surface area contributed by atoms with E-state index in [0.29, 0.717) is 34.7 Å². The Balaban J connectivity index is 1.62. The highest BCUT2D eigenvalue weighted by molar-refractivity contribution is 6.32. The van der Waals surface area contributed by atoms with Crippen molar-refractivity contribution in [3.05, 3.63) is 97.7 Å². The van der Waals surface area contributed by atoms with Crippen LogP contribution in [0.3, 0.4) is 0 Å². The molecular weight excluding hydrogens is 388 g/mol. The number of benzene rings is 2. The van der Waals surface area contributed by atoms with Crippen molar-refractivity contribution in [1.29, 1.82) is 0 Å². The predicted molar refractivity (Wildman–Crippen MR) is 114 cm³/mol. The number of hydrogen-bond acceptors (Lipinski definition) is 3. The number of hydrogen-bond donors (Lipinski definition) is 1. The van der Waals surface area contributed by atoms with Crippen molar-refractivity contribution in [2.75, 3.05) is 6.54 Å². The predicted octanol–water partition coefficient (Wildman–Crippen LogP) is 3.15. The lowest BCUT2D eigenvalue weighted by Gasteiger charge is -2.30. The van der Waals surface area contributed by atoms with E-state index in [1.165, 1.54) is 16.3 Å². The van der Waals surface area contributed by atoms with Crippen LogP contribution in [0.1, 0.15) is 11.3 Å². The molecule has 7 heteroatoms. The summed E-state index contributed by atoms with van der Waals surface area (Å²) in [5.74, 6) is 0. The molecule has 29 heavy (non-hydrogen) atoms. The monoisotopic (exact) mass is 406 g/mol. The Morgan fingerprint density at radius 2 is 1.72 bits per heavy atom. The Labute approximate surface area is 171 Å². The molecule has 0 fully saturated rings. The zero-order valence-electron chi connectivity index (χ0n) is 15.6. The van der Waals surface area contributed by atoms with Gasteiger partial charge in [-0.05, 0) is 17.7 Å². The minimum absolute atomic E-state index is 0.0978. The van der Waals surface area contributed by atoms with Crippen LogP contribution in [-0.2, 0) is 19.6 Å². The van der Waals surface area contributed by atoms with E-state index in [1.807, 2.05) is 30.3 Å². The second kappa shape index (κ2) is 7.06. The van der Waals surface area contributed by atoms with Gasteiger partial charge in [0, 0.05) is 32.2 Å². The van der Waals surface area contributed by atoms with Gasteiger partial charge in [0.2, 0.25) is 0 Å². The van der Waals surface area contributed by atoms with Gasteiger partial charge < -0.3 is 4.57 Å². The molecule has 0 bridgehead atoms. The molecule has 4 aromatic rings. The highest BCUT2D eigenvalue weighted by atomic mass is 35.5. The van der Waals surface area contributed by atoms with Gasteiger partial charge in [-0.25, -0.2) is 4.68 Å². The molecule has 6 nitrogen and oxygen atoms in total. The van der Waals surface area contributed by atoms with Crippen molar-refractivity contribution in [3.8, 4) is 5.69 Å². The van der Waals surface area contributed by atoms with Crippen LogP contribution in [0, 0.1) is 0 Å². The molecule has 1 aliphatic heterocycles. The summed E-state index contributed by atoms with van der Waals surface area (Å²) in [7, 11) is 0. The summed E-state index contributed by atoms with van der Waals surface area (Å²) in [4.78, 5) is 28.2. The van der Waals surface area contributed by atoms with E-state index in [4.69, 9.17) is 11.6 Å². The van der Waals surface area contributed by atoms with Crippen molar-refractivity contribution >= 4 is 22.5 Å². The molecule has 0 saturated carbocycles. The number of aromatic nitrogens is 3. The zero-order valence-corrected chi connectivity index (χ0v) is 16.4. The maximum atomic E-state index is 13.3. The number of nitrogens with zero attached hydrogens (tertiary/aromatic N) is 3. The van der Waals surface area contributed by atoms with Gasteiger partial charge in [-0.1, -0.05) is 54.1 Å².